The monoisotopic (exact) mass is 513 g/mol. The topological polar surface area (TPSA) is 76.8 Å². The van der Waals surface area contributed by atoms with E-state index in [-0.39, 0.29) is 12.7 Å². The number of amides is 1. The SMILES string of the molecule is CC1(C)C(=O)N(c2cc(C(F)(F)F)c(C#N)cc2F)C(S)N1c1ccc2c(c1)SC[C@H](CO)O2. The van der Waals surface area contributed by atoms with Gasteiger partial charge < -0.3 is 14.7 Å². The number of alkyl halides is 3. The van der Waals surface area contributed by atoms with Crippen LogP contribution in [0, 0.1) is 17.1 Å². The summed E-state index contributed by atoms with van der Waals surface area (Å²) in [5, 5.41) is 18.3. The lowest BCUT2D eigenvalue weighted by Gasteiger charge is -2.34. The number of anilines is 2. The number of thioether (sulfide) groups is 1. The standard InChI is InChI=1S/C22H19F4N3O3S2/c1-21(2)19(31)28(16-7-14(22(24,25)26)11(8-27)5-15(16)23)20(33)29(21)12-3-4-17-18(6-12)34-10-13(9-30)32-17/h3-7,13,20,30,33H,9-10H2,1-2H3/t13-,20?/m0/s1. The van der Waals surface area contributed by atoms with Gasteiger partial charge in [-0.05, 0) is 44.2 Å². The molecular weight excluding hydrogens is 494 g/mol. The summed E-state index contributed by atoms with van der Waals surface area (Å²) in [4.78, 5) is 16.5. The second kappa shape index (κ2) is 8.55. The van der Waals surface area contributed by atoms with Crippen LogP contribution in [0.5, 0.6) is 5.75 Å². The van der Waals surface area contributed by atoms with E-state index >= 15 is 0 Å². The molecule has 1 fully saturated rings. The fourth-order valence-corrected chi connectivity index (χ4v) is 5.67. The van der Waals surface area contributed by atoms with Gasteiger partial charge in [-0.25, -0.2) is 4.39 Å². The fourth-order valence-electron chi connectivity index (χ4n) is 4.01. The Bertz CT molecular complexity index is 1200. The minimum absolute atomic E-state index is 0.133. The maximum absolute atomic E-state index is 14.9. The van der Waals surface area contributed by atoms with Crippen molar-refractivity contribution in [3.05, 3.63) is 47.3 Å². The second-order valence-electron chi connectivity index (χ2n) is 8.27. The number of hydrogen-bond donors (Lipinski definition) is 2. The van der Waals surface area contributed by atoms with Gasteiger partial charge in [-0.3, -0.25) is 9.69 Å². The first-order valence-electron chi connectivity index (χ1n) is 10.1. The molecule has 1 saturated heterocycles. The number of hydrogen-bond acceptors (Lipinski definition) is 7. The van der Waals surface area contributed by atoms with E-state index in [2.05, 4.69) is 12.6 Å². The molecule has 180 valence electrons. The highest BCUT2D eigenvalue weighted by molar-refractivity contribution is 7.99. The first-order chi connectivity index (χ1) is 15.9. The summed E-state index contributed by atoms with van der Waals surface area (Å²) in [5.74, 6) is -0.726. The molecule has 6 nitrogen and oxygen atoms in total. The lowest BCUT2D eigenvalue weighted by atomic mass is 10.0. The predicted molar refractivity (Wildman–Crippen MR) is 122 cm³/mol. The molecule has 1 N–H and O–H groups in total. The third-order valence-corrected chi connectivity index (χ3v) is 7.34. The lowest BCUT2D eigenvalue weighted by molar-refractivity contribution is -0.137. The van der Waals surface area contributed by atoms with E-state index < -0.39 is 45.8 Å². The molecule has 0 aliphatic carbocycles. The highest BCUT2D eigenvalue weighted by Crippen LogP contribution is 2.45. The molecule has 12 heteroatoms. The van der Waals surface area contributed by atoms with Crippen LogP contribution in [0.2, 0.25) is 0 Å². The number of fused-ring (bicyclic) bond motifs is 1. The molecule has 0 saturated carbocycles. The van der Waals surface area contributed by atoms with Gasteiger partial charge in [0.15, 0.2) is 5.50 Å². The van der Waals surface area contributed by atoms with Crippen molar-refractivity contribution in [2.45, 2.75) is 42.1 Å². The van der Waals surface area contributed by atoms with Crippen LogP contribution >= 0.6 is 24.4 Å². The van der Waals surface area contributed by atoms with Crippen LogP contribution in [0.3, 0.4) is 0 Å². The van der Waals surface area contributed by atoms with Crippen molar-refractivity contribution >= 4 is 41.7 Å². The van der Waals surface area contributed by atoms with Gasteiger partial charge in [-0.15, -0.1) is 24.4 Å². The molecule has 4 rings (SSSR count). The summed E-state index contributed by atoms with van der Waals surface area (Å²) in [6, 6.07) is 7.39. The molecule has 1 unspecified atom stereocenters. The number of nitrogens with zero attached hydrogens (tertiary/aromatic N) is 3. The van der Waals surface area contributed by atoms with E-state index in [0.717, 1.165) is 9.80 Å². The Morgan fingerprint density at radius 3 is 2.65 bits per heavy atom. The van der Waals surface area contributed by atoms with Gasteiger partial charge in [-0.1, -0.05) is 0 Å². The maximum Gasteiger partial charge on any atom is 0.417 e. The minimum Gasteiger partial charge on any atom is -0.486 e. The van der Waals surface area contributed by atoms with Crippen molar-refractivity contribution in [1.82, 2.24) is 0 Å². The number of carbonyl (C=O) groups is 1. The number of thiol groups is 1. The van der Waals surface area contributed by atoms with E-state index in [4.69, 9.17) is 10.00 Å². The van der Waals surface area contributed by atoms with E-state index in [1.54, 1.807) is 36.9 Å². The number of nitriles is 1. The largest absolute Gasteiger partial charge is 0.486 e. The number of carbonyl (C=O) groups excluding carboxylic acids is 1. The van der Waals surface area contributed by atoms with E-state index in [1.165, 1.54) is 17.8 Å². The molecule has 2 aromatic rings. The molecule has 34 heavy (non-hydrogen) atoms. The molecule has 2 aliphatic heterocycles. The van der Waals surface area contributed by atoms with Crippen LogP contribution in [0.1, 0.15) is 25.0 Å². The van der Waals surface area contributed by atoms with E-state index in [0.29, 0.717) is 29.3 Å². The van der Waals surface area contributed by atoms with Gasteiger partial charge in [-0.2, -0.15) is 18.4 Å². The summed E-state index contributed by atoms with van der Waals surface area (Å²) >= 11 is 5.94. The van der Waals surface area contributed by atoms with Gasteiger partial charge in [0.1, 0.15) is 23.2 Å². The van der Waals surface area contributed by atoms with E-state index in [1.807, 2.05) is 0 Å². The second-order valence-corrected chi connectivity index (χ2v) is 9.80. The molecule has 0 spiro atoms. The Kier molecular flexibility index (Phi) is 6.16. The van der Waals surface area contributed by atoms with Crippen LogP contribution in [-0.2, 0) is 11.0 Å². The van der Waals surface area contributed by atoms with Crippen LogP contribution in [0.15, 0.2) is 35.2 Å². The number of aliphatic hydroxyl groups is 1. The number of benzene rings is 2. The zero-order valence-corrected chi connectivity index (χ0v) is 19.6. The van der Waals surface area contributed by atoms with Gasteiger partial charge in [0, 0.05) is 11.4 Å². The molecule has 2 atom stereocenters. The van der Waals surface area contributed by atoms with Crippen molar-refractivity contribution < 1.29 is 32.2 Å². The van der Waals surface area contributed by atoms with Gasteiger partial charge in [0.2, 0.25) is 0 Å². The third kappa shape index (κ3) is 3.95. The molecule has 2 heterocycles. The number of rotatable bonds is 3. The average molecular weight is 514 g/mol. The van der Waals surface area contributed by atoms with Gasteiger partial charge in [0.25, 0.3) is 5.91 Å². The summed E-state index contributed by atoms with van der Waals surface area (Å²) < 4.78 is 61.1. The van der Waals surface area contributed by atoms with E-state index in [9.17, 15) is 27.5 Å². The summed E-state index contributed by atoms with van der Waals surface area (Å²) in [7, 11) is 0. The number of halogens is 4. The summed E-state index contributed by atoms with van der Waals surface area (Å²) in [5.41, 5.74) is -4.72. The zero-order valence-electron chi connectivity index (χ0n) is 17.9. The van der Waals surface area contributed by atoms with Crippen LogP contribution in [0.25, 0.3) is 0 Å². The molecule has 1 amide bonds. The predicted octanol–water partition coefficient (Wildman–Crippen LogP) is 4.41. The Balaban J connectivity index is 1.77. The van der Waals surface area contributed by atoms with Crippen LogP contribution in [-0.4, -0.2) is 40.5 Å². The highest BCUT2D eigenvalue weighted by Gasteiger charge is 2.52. The molecule has 2 aliphatic rings. The highest BCUT2D eigenvalue weighted by atomic mass is 32.2. The summed E-state index contributed by atoms with van der Waals surface area (Å²) in [6.45, 7) is 3.00. The molecule has 2 aromatic carbocycles. The lowest BCUT2D eigenvalue weighted by Crippen LogP contribution is -2.45. The Labute approximate surface area is 202 Å². The quantitative estimate of drug-likeness (QED) is 0.468. The van der Waals surface area contributed by atoms with Gasteiger partial charge >= 0.3 is 6.18 Å². The third-order valence-electron chi connectivity index (χ3n) is 5.71. The molecule has 0 bridgehead atoms. The summed E-state index contributed by atoms with van der Waals surface area (Å²) in [6.07, 6.45) is -5.26. The van der Waals surface area contributed by atoms with Crippen molar-refractivity contribution in [3.8, 4) is 11.8 Å². The normalized spacial score (nSPS) is 21.8. The van der Waals surface area contributed by atoms with Crippen molar-refractivity contribution in [1.29, 1.82) is 5.26 Å². The van der Waals surface area contributed by atoms with Crippen LogP contribution in [0.4, 0.5) is 28.9 Å². The first kappa shape index (κ1) is 24.5. The maximum atomic E-state index is 14.9. The Hall–Kier alpha value is -2.62. The molecule has 0 aromatic heterocycles. The van der Waals surface area contributed by atoms with Crippen LogP contribution < -0.4 is 14.5 Å². The molecular formula is C22H19F4N3O3S2. The Morgan fingerprint density at radius 2 is 2.03 bits per heavy atom. The van der Waals surface area contributed by atoms with Crippen molar-refractivity contribution in [2.24, 2.45) is 0 Å². The zero-order chi connectivity index (χ0) is 25.0. The first-order valence-corrected chi connectivity index (χ1v) is 11.6. The molecule has 0 radical (unpaired) electrons. The van der Waals surface area contributed by atoms with Crippen molar-refractivity contribution in [2.75, 3.05) is 22.2 Å². The van der Waals surface area contributed by atoms with Crippen molar-refractivity contribution in [3.63, 3.8) is 0 Å². The average Bonchev–Trinajstić information content (AvgIpc) is 2.95. The number of ether oxygens (including phenoxy) is 1. The smallest absolute Gasteiger partial charge is 0.417 e. The van der Waals surface area contributed by atoms with Gasteiger partial charge in [0.05, 0.1) is 34.4 Å². The number of aliphatic hydroxyl groups excluding tert-OH is 1. The fraction of sp³-hybridized carbons (Fsp3) is 0.364. The minimum atomic E-state index is -4.92. The Morgan fingerprint density at radius 1 is 1.32 bits per heavy atom.